The van der Waals surface area contributed by atoms with Gasteiger partial charge in [0.2, 0.25) is 0 Å². The zero-order chi connectivity index (χ0) is 15.6. The molecule has 0 saturated carbocycles. The van der Waals surface area contributed by atoms with Gasteiger partial charge in [0.15, 0.2) is 0 Å². The van der Waals surface area contributed by atoms with Crippen LogP contribution in [0.1, 0.15) is 10.4 Å². The number of hydrogen-bond donors (Lipinski definition) is 2. The maximum absolute atomic E-state index is 11.3. The predicted octanol–water partition coefficient (Wildman–Crippen LogP) is 4.34. The Balaban J connectivity index is 2.52. The summed E-state index contributed by atoms with van der Waals surface area (Å²) >= 11 is 11.8. The minimum absolute atomic E-state index is 0.0667. The number of nitrogens with zero attached hydrogens (tertiary/aromatic N) is 1. The molecule has 108 valence electrons. The summed E-state index contributed by atoms with van der Waals surface area (Å²) in [5, 5.41) is 23.1. The molecule has 6 nitrogen and oxygen atoms in total. The number of aromatic carboxylic acids is 1. The first-order valence-electron chi connectivity index (χ1n) is 5.62. The monoisotopic (exact) mass is 326 g/mol. The average molecular weight is 327 g/mol. The molecule has 0 unspecified atom stereocenters. The maximum Gasteiger partial charge on any atom is 0.338 e. The smallest absolute Gasteiger partial charge is 0.338 e. The topological polar surface area (TPSA) is 92.5 Å². The first-order chi connectivity index (χ1) is 9.88. The van der Waals surface area contributed by atoms with E-state index in [1.165, 1.54) is 0 Å². The molecular weight excluding hydrogens is 319 g/mol. The lowest BCUT2D eigenvalue weighted by Crippen LogP contribution is -2.05. The molecule has 0 spiro atoms. The van der Waals surface area contributed by atoms with Gasteiger partial charge in [0.05, 0.1) is 21.2 Å². The van der Waals surface area contributed by atoms with Gasteiger partial charge in [0, 0.05) is 22.8 Å². The van der Waals surface area contributed by atoms with Gasteiger partial charge in [-0.15, -0.1) is 0 Å². The van der Waals surface area contributed by atoms with E-state index >= 15 is 0 Å². The Labute approximate surface area is 129 Å². The SMILES string of the molecule is O=C(O)c1cc([N+](=O)[O-])cc(Cl)c1Nc1cccc(Cl)c1. The largest absolute Gasteiger partial charge is 0.478 e. The van der Waals surface area contributed by atoms with Crippen molar-refractivity contribution in [3.8, 4) is 0 Å². The fourth-order valence-electron chi connectivity index (χ4n) is 1.70. The van der Waals surface area contributed by atoms with E-state index in [9.17, 15) is 20.0 Å². The molecule has 0 heterocycles. The molecule has 0 atom stereocenters. The van der Waals surface area contributed by atoms with Crippen molar-refractivity contribution in [3.63, 3.8) is 0 Å². The highest BCUT2D eigenvalue weighted by Crippen LogP contribution is 2.34. The summed E-state index contributed by atoms with van der Waals surface area (Å²) in [6, 6.07) is 8.59. The molecule has 0 aliphatic heterocycles. The highest BCUT2D eigenvalue weighted by atomic mass is 35.5. The van der Waals surface area contributed by atoms with Gasteiger partial charge in [-0.25, -0.2) is 4.79 Å². The molecule has 2 N–H and O–H groups in total. The number of hydrogen-bond acceptors (Lipinski definition) is 4. The fourth-order valence-corrected chi connectivity index (χ4v) is 2.16. The molecule has 0 amide bonds. The highest BCUT2D eigenvalue weighted by Gasteiger charge is 2.20. The van der Waals surface area contributed by atoms with Gasteiger partial charge in [0.1, 0.15) is 0 Å². The number of halogens is 2. The lowest BCUT2D eigenvalue weighted by molar-refractivity contribution is -0.384. The average Bonchev–Trinajstić information content (AvgIpc) is 2.40. The van der Waals surface area contributed by atoms with Crippen LogP contribution < -0.4 is 5.32 Å². The Morgan fingerprint density at radius 3 is 2.52 bits per heavy atom. The Morgan fingerprint density at radius 1 is 1.24 bits per heavy atom. The van der Waals surface area contributed by atoms with Crippen LogP contribution in [-0.4, -0.2) is 16.0 Å². The van der Waals surface area contributed by atoms with Crippen molar-refractivity contribution in [1.29, 1.82) is 0 Å². The van der Waals surface area contributed by atoms with Crippen molar-refractivity contribution in [1.82, 2.24) is 0 Å². The minimum Gasteiger partial charge on any atom is -0.478 e. The molecule has 0 bridgehead atoms. The first-order valence-corrected chi connectivity index (χ1v) is 6.38. The molecular formula is C13H8Cl2N2O4. The van der Waals surface area contributed by atoms with Crippen LogP contribution in [0.3, 0.4) is 0 Å². The Bertz CT molecular complexity index is 734. The Hall–Kier alpha value is -2.31. The number of rotatable bonds is 4. The van der Waals surface area contributed by atoms with Crippen molar-refractivity contribution < 1.29 is 14.8 Å². The van der Waals surface area contributed by atoms with E-state index in [1.54, 1.807) is 24.3 Å². The predicted molar refractivity (Wildman–Crippen MR) is 79.8 cm³/mol. The first kappa shape index (κ1) is 15.1. The van der Waals surface area contributed by atoms with Gasteiger partial charge < -0.3 is 10.4 Å². The zero-order valence-electron chi connectivity index (χ0n) is 10.3. The third-order valence-electron chi connectivity index (χ3n) is 2.61. The number of carboxylic acid groups (broad SMARTS) is 1. The lowest BCUT2D eigenvalue weighted by atomic mass is 10.1. The molecule has 0 fully saturated rings. The van der Waals surface area contributed by atoms with Crippen LogP contribution in [0.4, 0.5) is 17.1 Å². The summed E-state index contributed by atoms with van der Waals surface area (Å²) in [7, 11) is 0. The van der Waals surface area contributed by atoms with E-state index in [4.69, 9.17) is 23.2 Å². The highest BCUT2D eigenvalue weighted by molar-refractivity contribution is 6.34. The van der Waals surface area contributed by atoms with E-state index in [-0.39, 0.29) is 16.3 Å². The van der Waals surface area contributed by atoms with Gasteiger partial charge in [-0.1, -0.05) is 29.3 Å². The van der Waals surface area contributed by atoms with E-state index in [0.717, 1.165) is 12.1 Å². The van der Waals surface area contributed by atoms with E-state index in [0.29, 0.717) is 10.7 Å². The van der Waals surface area contributed by atoms with Crippen LogP contribution in [0.2, 0.25) is 10.0 Å². The number of nitro groups is 1. The van der Waals surface area contributed by atoms with Crippen molar-refractivity contribution >= 4 is 46.2 Å². The normalized spacial score (nSPS) is 10.2. The molecule has 0 radical (unpaired) electrons. The van der Waals surface area contributed by atoms with Crippen LogP contribution in [0.5, 0.6) is 0 Å². The minimum atomic E-state index is -1.33. The summed E-state index contributed by atoms with van der Waals surface area (Å²) in [5.74, 6) is -1.33. The second kappa shape index (κ2) is 5.99. The number of benzene rings is 2. The Kier molecular flexibility index (Phi) is 4.30. The van der Waals surface area contributed by atoms with Crippen LogP contribution in [0.25, 0.3) is 0 Å². The third kappa shape index (κ3) is 3.42. The number of anilines is 2. The zero-order valence-corrected chi connectivity index (χ0v) is 11.9. The van der Waals surface area contributed by atoms with Crippen molar-refractivity contribution in [3.05, 3.63) is 62.1 Å². The van der Waals surface area contributed by atoms with Gasteiger partial charge >= 0.3 is 5.97 Å². The maximum atomic E-state index is 11.3. The third-order valence-corrected chi connectivity index (χ3v) is 3.14. The van der Waals surface area contributed by atoms with Gasteiger partial charge in [-0.05, 0) is 18.2 Å². The molecule has 0 aliphatic carbocycles. The second-order valence-corrected chi connectivity index (χ2v) is 4.89. The number of carbonyl (C=O) groups is 1. The van der Waals surface area contributed by atoms with Gasteiger partial charge in [-0.2, -0.15) is 0 Å². The number of nitro benzene ring substituents is 1. The lowest BCUT2D eigenvalue weighted by Gasteiger charge is -2.11. The fraction of sp³-hybridized carbons (Fsp3) is 0. The summed E-state index contributed by atoms with van der Waals surface area (Å²) in [5.41, 5.74) is -0.110. The van der Waals surface area contributed by atoms with E-state index in [1.807, 2.05) is 0 Å². The molecule has 0 saturated heterocycles. The molecule has 0 aliphatic rings. The molecule has 2 rings (SSSR count). The van der Waals surface area contributed by atoms with Gasteiger partial charge in [0.25, 0.3) is 5.69 Å². The van der Waals surface area contributed by atoms with Crippen molar-refractivity contribution in [2.45, 2.75) is 0 Å². The second-order valence-electron chi connectivity index (χ2n) is 4.05. The summed E-state index contributed by atoms with van der Waals surface area (Å²) < 4.78 is 0. The van der Waals surface area contributed by atoms with Crippen LogP contribution >= 0.6 is 23.2 Å². The quantitative estimate of drug-likeness (QED) is 0.643. The number of non-ortho nitro benzene ring substituents is 1. The van der Waals surface area contributed by atoms with Crippen molar-refractivity contribution in [2.24, 2.45) is 0 Å². The van der Waals surface area contributed by atoms with E-state index in [2.05, 4.69) is 5.32 Å². The Morgan fingerprint density at radius 2 is 1.95 bits per heavy atom. The van der Waals surface area contributed by atoms with E-state index < -0.39 is 16.6 Å². The summed E-state index contributed by atoms with van der Waals surface area (Å²) in [4.78, 5) is 21.3. The number of nitrogens with one attached hydrogen (secondary N) is 1. The molecule has 2 aromatic rings. The molecule has 8 heteroatoms. The standard InChI is InChI=1S/C13H8Cl2N2O4/c14-7-2-1-3-8(4-7)16-12-10(13(18)19)5-9(17(20)21)6-11(12)15/h1-6,16H,(H,18,19). The van der Waals surface area contributed by atoms with Crippen LogP contribution in [-0.2, 0) is 0 Å². The summed E-state index contributed by atoms with van der Waals surface area (Å²) in [6.45, 7) is 0. The van der Waals surface area contributed by atoms with Crippen LogP contribution in [0.15, 0.2) is 36.4 Å². The van der Waals surface area contributed by atoms with Gasteiger partial charge in [-0.3, -0.25) is 10.1 Å². The molecule has 21 heavy (non-hydrogen) atoms. The summed E-state index contributed by atoms with van der Waals surface area (Å²) in [6.07, 6.45) is 0. The molecule has 0 aromatic heterocycles. The molecule has 2 aromatic carbocycles. The van der Waals surface area contributed by atoms with Crippen molar-refractivity contribution in [2.75, 3.05) is 5.32 Å². The number of carboxylic acids is 1. The van der Waals surface area contributed by atoms with Crippen LogP contribution in [0, 0.1) is 10.1 Å².